The van der Waals surface area contributed by atoms with Gasteiger partial charge in [0.15, 0.2) is 0 Å². The summed E-state index contributed by atoms with van der Waals surface area (Å²) in [5.41, 5.74) is -0.0951. The first-order valence-corrected chi connectivity index (χ1v) is 6.32. The average Bonchev–Trinajstić information content (AvgIpc) is 2.87. The van der Waals surface area contributed by atoms with E-state index < -0.39 is 17.9 Å². The van der Waals surface area contributed by atoms with Crippen LogP contribution in [0.1, 0.15) is 18.7 Å². The van der Waals surface area contributed by atoms with Crippen LogP contribution in [-0.4, -0.2) is 23.0 Å². The molecule has 0 radical (unpaired) electrons. The smallest absolute Gasteiger partial charge is 0.331 e. The number of amides is 3. The normalized spacial score (nSPS) is 11.5. The van der Waals surface area contributed by atoms with Gasteiger partial charge in [-0.3, -0.25) is 10.1 Å². The Bertz CT molecular complexity index is 520. The Kier molecular flexibility index (Phi) is 5.25. The lowest BCUT2D eigenvalue weighted by Gasteiger charge is -2.07. The number of nitrogens with one attached hydrogen (secondary N) is 2. The van der Waals surface area contributed by atoms with Gasteiger partial charge in [0, 0.05) is 16.0 Å². The summed E-state index contributed by atoms with van der Waals surface area (Å²) >= 11 is 1.48. The van der Waals surface area contributed by atoms with Gasteiger partial charge >= 0.3 is 12.0 Å². The number of carbonyl (C=O) groups is 3. The Morgan fingerprint density at radius 2 is 1.95 bits per heavy atom. The van der Waals surface area contributed by atoms with Crippen LogP contribution in [-0.2, 0) is 16.1 Å². The molecule has 1 heterocycles. The van der Waals surface area contributed by atoms with Crippen LogP contribution in [0.15, 0.2) is 28.7 Å². The van der Waals surface area contributed by atoms with Gasteiger partial charge in [-0.05, 0) is 25.3 Å². The summed E-state index contributed by atoms with van der Waals surface area (Å²) < 4.78 is 0. The lowest BCUT2D eigenvalue weighted by atomic mass is 10.1. The highest BCUT2D eigenvalue weighted by molar-refractivity contribution is 7.09. The van der Waals surface area contributed by atoms with E-state index in [1.165, 1.54) is 25.2 Å². The Labute approximate surface area is 114 Å². The molecule has 0 aliphatic carbocycles. The van der Waals surface area contributed by atoms with Crippen LogP contribution in [0, 0.1) is 0 Å². The molecule has 0 unspecified atom stereocenters. The first kappa shape index (κ1) is 14.9. The summed E-state index contributed by atoms with van der Waals surface area (Å²) in [6.45, 7) is 2.98. The van der Waals surface area contributed by atoms with Gasteiger partial charge in [-0.25, -0.2) is 9.59 Å². The monoisotopic (exact) mass is 282 g/mol. The molecule has 0 aliphatic rings. The van der Waals surface area contributed by atoms with Crippen LogP contribution in [0.2, 0.25) is 0 Å². The highest BCUT2D eigenvalue weighted by Crippen LogP contribution is 2.07. The third-order valence-electron chi connectivity index (χ3n) is 2.45. The number of hydrogen-bond donors (Lipinski definition) is 3. The molecule has 3 N–H and O–H groups in total. The maximum Gasteiger partial charge on any atom is 0.331 e. The molecule has 1 aromatic rings. The van der Waals surface area contributed by atoms with Gasteiger partial charge in [-0.1, -0.05) is 6.07 Å². The predicted octanol–water partition coefficient (Wildman–Crippen LogP) is 1.49. The fraction of sp³-hybridized carbons (Fsp3) is 0.250. The van der Waals surface area contributed by atoms with Crippen LogP contribution < -0.4 is 10.6 Å². The molecule has 1 aromatic heterocycles. The molecular weight excluding hydrogens is 268 g/mol. The second-order valence-corrected chi connectivity index (χ2v) is 4.80. The van der Waals surface area contributed by atoms with Crippen molar-refractivity contribution in [3.05, 3.63) is 33.5 Å². The average molecular weight is 282 g/mol. The first-order chi connectivity index (χ1) is 8.91. The van der Waals surface area contributed by atoms with E-state index in [4.69, 9.17) is 5.11 Å². The fourth-order valence-electron chi connectivity index (χ4n) is 1.15. The van der Waals surface area contributed by atoms with Crippen molar-refractivity contribution in [2.45, 2.75) is 20.4 Å². The molecule has 0 fully saturated rings. The van der Waals surface area contributed by atoms with Crippen LogP contribution in [0.25, 0.3) is 0 Å². The largest absolute Gasteiger partial charge is 0.478 e. The summed E-state index contributed by atoms with van der Waals surface area (Å²) in [5, 5.41) is 15.2. The molecule has 19 heavy (non-hydrogen) atoms. The van der Waals surface area contributed by atoms with E-state index in [1.807, 2.05) is 17.5 Å². The molecule has 102 valence electrons. The highest BCUT2D eigenvalue weighted by atomic mass is 32.1. The van der Waals surface area contributed by atoms with Crippen LogP contribution >= 0.6 is 11.3 Å². The number of rotatable bonds is 4. The number of carbonyl (C=O) groups excluding carboxylic acids is 2. The second-order valence-electron chi connectivity index (χ2n) is 3.77. The molecule has 0 saturated heterocycles. The van der Waals surface area contributed by atoms with Crippen molar-refractivity contribution in [2.24, 2.45) is 0 Å². The third-order valence-corrected chi connectivity index (χ3v) is 3.33. The molecule has 0 bridgehead atoms. The van der Waals surface area contributed by atoms with Crippen LogP contribution in [0.5, 0.6) is 0 Å². The van der Waals surface area contributed by atoms with Gasteiger partial charge in [-0.2, -0.15) is 0 Å². The van der Waals surface area contributed by atoms with Crippen molar-refractivity contribution in [1.29, 1.82) is 0 Å². The molecule has 0 aromatic carbocycles. The molecule has 7 heteroatoms. The molecule has 3 amide bonds. The molecular formula is C12H14N2O4S. The second kappa shape index (κ2) is 6.69. The number of carboxylic acids is 1. The molecule has 0 spiro atoms. The van der Waals surface area contributed by atoms with E-state index in [0.717, 1.165) is 4.88 Å². The van der Waals surface area contributed by atoms with Crippen molar-refractivity contribution < 1.29 is 19.5 Å². The highest BCUT2D eigenvalue weighted by Gasteiger charge is 2.14. The van der Waals surface area contributed by atoms with E-state index >= 15 is 0 Å². The van der Waals surface area contributed by atoms with E-state index in [1.54, 1.807) is 0 Å². The number of hydrogen-bond acceptors (Lipinski definition) is 4. The summed E-state index contributed by atoms with van der Waals surface area (Å²) in [4.78, 5) is 34.6. The number of aliphatic carboxylic acids is 1. The zero-order valence-electron chi connectivity index (χ0n) is 10.5. The minimum atomic E-state index is -1.19. The standard InChI is InChI=1S/C12H14N2O4S/c1-7(8(2)11(16)17)10(15)14-12(18)13-6-9-4-3-5-19-9/h3-5H,6H2,1-2H3,(H,16,17)(H2,13,14,15,18). The maximum atomic E-state index is 11.6. The summed E-state index contributed by atoms with van der Waals surface area (Å²) in [6, 6.07) is 3.05. The SMILES string of the molecule is CC(C(=O)O)=C(C)C(=O)NC(=O)NCc1cccs1. The minimum absolute atomic E-state index is 0.00114. The molecule has 0 atom stereocenters. The summed E-state index contributed by atoms with van der Waals surface area (Å²) in [5.74, 6) is -1.91. The van der Waals surface area contributed by atoms with Crippen LogP contribution in [0.4, 0.5) is 4.79 Å². The quantitative estimate of drug-likeness (QED) is 0.729. The van der Waals surface area contributed by atoms with Gasteiger partial charge < -0.3 is 10.4 Å². The third kappa shape index (κ3) is 4.55. The Balaban J connectivity index is 2.50. The van der Waals surface area contributed by atoms with Gasteiger partial charge in [0.25, 0.3) is 5.91 Å². The zero-order valence-corrected chi connectivity index (χ0v) is 11.3. The van der Waals surface area contributed by atoms with E-state index in [9.17, 15) is 14.4 Å². The zero-order chi connectivity index (χ0) is 14.4. The number of thiophene rings is 1. The maximum absolute atomic E-state index is 11.6. The number of urea groups is 1. The van der Waals surface area contributed by atoms with E-state index in [2.05, 4.69) is 10.6 Å². The lowest BCUT2D eigenvalue weighted by Crippen LogP contribution is -2.39. The Morgan fingerprint density at radius 1 is 1.26 bits per heavy atom. The minimum Gasteiger partial charge on any atom is -0.478 e. The Morgan fingerprint density at radius 3 is 2.47 bits per heavy atom. The van der Waals surface area contributed by atoms with Crippen LogP contribution in [0.3, 0.4) is 0 Å². The van der Waals surface area contributed by atoms with Gasteiger partial charge in [0.1, 0.15) is 0 Å². The van der Waals surface area contributed by atoms with Gasteiger partial charge in [0.05, 0.1) is 6.54 Å². The number of imide groups is 1. The van der Waals surface area contributed by atoms with E-state index in [0.29, 0.717) is 6.54 Å². The van der Waals surface area contributed by atoms with Gasteiger partial charge in [0.2, 0.25) is 0 Å². The van der Waals surface area contributed by atoms with Crippen molar-refractivity contribution in [3.8, 4) is 0 Å². The topological polar surface area (TPSA) is 95.5 Å². The summed E-state index contributed by atoms with van der Waals surface area (Å²) in [6.07, 6.45) is 0. The Hall–Kier alpha value is -2.15. The molecule has 6 nitrogen and oxygen atoms in total. The number of carboxylic acid groups (broad SMARTS) is 1. The summed E-state index contributed by atoms with van der Waals surface area (Å²) in [7, 11) is 0. The van der Waals surface area contributed by atoms with Crippen molar-refractivity contribution in [2.75, 3.05) is 0 Å². The lowest BCUT2D eigenvalue weighted by molar-refractivity contribution is -0.133. The van der Waals surface area contributed by atoms with Crippen molar-refractivity contribution in [1.82, 2.24) is 10.6 Å². The predicted molar refractivity (Wildman–Crippen MR) is 70.7 cm³/mol. The van der Waals surface area contributed by atoms with E-state index in [-0.39, 0.29) is 11.1 Å². The molecule has 0 aliphatic heterocycles. The van der Waals surface area contributed by atoms with Crippen molar-refractivity contribution >= 4 is 29.2 Å². The van der Waals surface area contributed by atoms with Gasteiger partial charge in [-0.15, -0.1) is 11.3 Å². The fourth-order valence-corrected chi connectivity index (χ4v) is 1.80. The molecule has 1 rings (SSSR count). The molecule has 0 saturated carbocycles. The van der Waals surface area contributed by atoms with Crippen molar-refractivity contribution in [3.63, 3.8) is 0 Å². The first-order valence-electron chi connectivity index (χ1n) is 5.44.